The van der Waals surface area contributed by atoms with Gasteiger partial charge in [-0.3, -0.25) is 4.99 Å². The molecule has 1 heterocycles. The third kappa shape index (κ3) is 6.07. The molecular formula is C18H29N3OS. The number of hydrogen-bond acceptors (Lipinski definition) is 3. The van der Waals surface area contributed by atoms with E-state index in [4.69, 9.17) is 0 Å². The minimum absolute atomic E-state index is 0.247. The molecular weight excluding hydrogens is 306 g/mol. The molecule has 1 aliphatic rings. The van der Waals surface area contributed by atoms with Gasteiger partial charge in [-0.25, -0.2) is 0 Å². The van der Waals surface area contributed by atoms with E-state index in [0.29, 0.717) is 13.0 Å². The topological polar surface area (TPSA) is 47.9 Å². The molecule has 128 valence electrons. The molecule has 4 nitrogen and oxygen atoms in total. The number of nitrogens with one attached hydrogen (secondary N) is 1. The maximum absolute atomic E-state index is 10.3. The van der Waals surface area contributed by atoms with Crippen molar-refractivity contribution >= 4 is 17.7 Å². The number of rotatable bonds is 5. The fourth-order valence-corrected chi connectivity index (χ4v) is 3.88. The van der Waals surface area contributed by atoms with Gasteiger partial charge in [-0.05, 0) is 26.3 Å². The Morgan fingerprint density at radius 3 is 2.78 bits per heavy atom. The van der Waals surface area contributed by atoms with Crippen LogP contribution in [0.1, 0.15) is 26.3 Å². The summed E-state index contributed by atoms with van der Waals surface area (Å²) >= 11 is 2.01. The van der Waals surface area contributed by atoms with E-state index in [-0.39, 0.29) is 4.75 Å². The largest absolute Gasteiger partial charge is 0.391 e. The first-order valence-corrected chi connectivity index (χ1v) is 9.38. The van der Waals surface area contributed by atoms with Crippen LogP contribution in [0, 0.1) is 0 Å². The van der Waals surface area contributed by atoms with Crippen LogP contribution in [0.15, 0.2) is 35.3 Å². The molecule has 2 N–H and O–H groups in total. The average Bonchev–Trinajstić information content (AvgIpc) is 2.51. The quantitative estimate of drug-likeness (QED) is 0.641. The van der Waals surface area contributed by atoms with Crippen LogP contribution in [0.5, 0.6) is 0 Å². The lowest BCUT2D eigenvalue weighted by atomic mass is 10.1. The molecule has 1 aliphatic heterocycles. The monoisotopic (exact) mass is 335 g/mol. The van der Waals surface area contributed by atoms with E-state index in [2.05, 4.69) is 36.0 Å². The zero-order valence-corrected chi connectivity index (χ0v) is 15.3. The summed E-state index contributed by atoms with van der Waals surface area (Å²) in [4.78, 5) is 6.99. The van der Waals surface area contributed by atoms with E-state index in [1.165, 1.54) is 0 Å². The summed E-state index contributed by atoms with van der Waals surface area (Å²) in [5.74, 6) is 2.04. The van der Waals surface area contributed by atoms with Crippen LogP contribution in [0.2, 0.25) is 0 Å². The van der Waals surface area contributed by atoms with Gasteiger partial charge in [0.15, 0.2) is 5.96 Å². The second-order valence-electron chi connectivity index (χ2n) is 6.57. The lowest BCUT2D eigenvalue weighted by Crippen LogP contribution is -2.51. The van der Waals surface area contributed by atoms with Gasteiger partial charge in [-0.2, -0.15) is 11.8 Å². The van der Waals surface area contributed by atoms with Crippen molar-refractivity contribution in [3.63, 3.8) is 0 Å². The predicted molar refractivity (Wildman–Crippen MR) is 100 cm³/mol. The van der Waals surface area contributed by atoms with Gasteiger partial charge in [0.25, 0.3) is 0 Å². The summed E-state index contributed by atoms with van der Waals surface area (Å²) in [6.07, 6.45) is 0.198. The van der Waals surface area contributed by atoms with Gasteiger partial charge in [0.05, 0.1) is 12.6 Å². The van der Waals surface area contributed by atoms with E-state index < -0.39 is 6.10 Å². The van der Waals surface area contributed by atoms with Crippen molar-refractivity contribution in [2.45, 2.75) is 38.0 Å². The normalized spacial score (nSPS) is 19.5. The van der Waals surface area contributed by atoms with Gasteiger partial charge in [-0.15, -0.1) is 0 Å². The standard InChI is InChI=1S/C18H29N3OS/c1-4-19-17(21-10-11-23-18(2,3)14-21)20-13-16(22)12-15-8-6-5-7-9-15/h5-9,16,22H,4,10-14H2,1-3H3,(H,19,20). The predicted octanol–water partition coefficient (Wildman–Crippen LogP) is 2.38. The number of aliphatic hydroxyl groups is 1. The second kappa shape index (κ2) is 8.60. The highest BCUT2D eigenvalue weighted by atomic mass is 32.2. The molecule has 1 unspecified atom stereocenters. The minimum atomic E-state index is -0.446. The van der Waals surface area contributed by atoms with Crippen molar-refractivity contribution in [3.05, 3.63) is 35.9 Å². The molecule has 0 radical (unpaired) electrons. The Bertz CT molecular complexity index is 504. The molecule has 23 heavy (non-hydrogen) atoms. The van der Waals surface area contributed by atoms with Crippen LogP contribution in [-0.4, -0.2) is 58.7 Å². The zero-order valence-electron chi connectivity index (χ0n) is 14.5. The lowest BCUT2D eigenvalue weighted by Gasteiger charge is -2.39. The summed E-state index contributed by atoms with van der Waals surface area (Å²) in [5, 5.41) is 13.6. The summed E-state index contributed by atoms with van der Waals surface area (Å²) in [7, 11) is 0. The van der Waals surface area contributed by atoms with Gasteiger partial charge < -0.3 is 15.3 Å². The van der Waals surface area contributed by atoms with Crippen molar-refractivity contribution in [2.24, 2.45) is 4.99 Å². The molecule has 1 aromatic rings. The first-order valence-electron chi connectivity index (χ1n) is 8.39. The number of guanidine groups is 1. The van der Waals surface area contributed by atoms with Gasteiger partial charge in [-0.1, -0.05) is 30.3 Å². The van der Waals surface area contributed by atoms with E-state index in [9.17, 15) is 5.11 Å². The number of nitrogens with zero attached hydrogens (tertiary/aromatic N) is 2. The number of thioether (sulfide) groups is 1. The van der Waals surface area contributed by atoms with Gasteiger partial charge >= 0.3 is 0 Å². The van der Waals surface area contributed by atoms with Crippen molar-refractivity contribution in [1.82, 2.24) is 10.2 Å². The highest BCUT2D eigenvalue weighted by Crippen LogP contribution is 2.29. The fourth-order valence-electron chi connectivity index (χ4n) is 2.77. The van der Waals surface area contributed by atoms with Crippen molar-refractivity contribution in [2.75, 3.05) is 31.9 Å². The molecule has 2 rings (SSSR count). The molecule has 0 aromatic heterocycles. The molecule has 0 aliphatic carbocycles. The Balaban J connectivity index is 1.95. The van der Waals surface area contributed by atoms with Crippen molar-refractivity contribution < 1.29 is 5.11 Å². The van der Waals surface area contributed by atoms with Crippen LogP contribution < -0.4 is 5.32 Å². The summed E-state index contributed by atoms with van der Waals surface area (Å²) in [6, 6.07) is 10.1. The molecule has 1 aromatic carbocycles. The van der Waals surface area contributed by atoms with Crippen LogP contribution in [-0.2, 0) is 6.42 Å². The number of hydrogen-bond donors (Lipinski definition) is 2. The molecule has 0 bridgehead atoms. The molecule has 5 heteroatoms. The van der Waals surface area contributed by atoms with Crippen LogP contribution >= 0.6 is 11.8 Å². The molecule has 1 fully saturated rings. The molecule has 0 saturated carbocycles. The van der Waals surface area contributed by atoms with Gasteiger partial charge in [0.1, 0.15) is 0 Å². The van der Waals surface area contributed by atoms with E-state index in [1.807, 2.05) is 42.1 Å². The summed E-state index contributed by atoms with van der Waals surface area (Å²) < 4.78 is 0.247. The van der Waals surface area contributed by atoms with Gasteiger partial charge in [0, 0.05) is 36.6 Å². The van der Waals surface area contributed by atoms with Crippen LogP contribution in [0.4, 0.5) is 0 Å². The maximum atomic E-state index is 10.3. The fraction of sp³-hybridized carbons (Fsp3) is 0.611. The summed E-state index contributed by atoms with van der Waals surface area (Å²) in [5.41, 5.74) is 1.15. The lowest BCUT2D eigenvalue weighted by molar-refractivity contribution is 0.183. The van der Waals surface area contributed by atoms with Crippen molar-refractivity contribution in [1.29, 1.82) is 0 Å². The number of aliphatic imine (C=N–C) groups is 1. The Labute approximate surface area is 144 Å². The molecule has 1 atom stereocenters. The Hall–Kier alpha value is -1.20. The maximum Gasteiger partial charge on any atom is 0.194 e. The summed E-state index contributed by atoms with van der Waals surface area (Å²) in [6.45, 7) is 9.90. The van der Waals surface area contributed by atoms with Crippen molar-refractivity contribution in [3.8, 4) is 0 Å². The minimum Gasteiger partial charge on any atom is -0.391 e. The van der Waals surface area contributed by atoms with Gasteiger partial charge in [0.2, 0.25) is 0 Å². The molecule has 0 spiro atoms. The average molecular weight is 336 g/mol. The number of aliphatic hydroxyl groups excluding tert-OH is 1. The molecule has 1 saturated heterocycles. The second-order valence-corrected chi connectivity index (χ2v) is 8.37. The van der Waals surface area contributed by atoms with E-state index in [1.54, 1.807) is 0 Å². The smallest absolute Gasteiger partial charge is 0.194 e. The highest BCUT2D eigenvalue weighted by Gasteiger charge is 2.28. The third-order valence-corrected chi connectivity index (χ3v) is 5.12. The Kier molecular flexibility index (Phi) is 6.78. The highest BCUT2D eigenvalue weighted by molar-refractivity contribution is 8.00. The SMILES string of the molecule is CCNC(=NCC(O)Cc1ccccc1)N1CCSC(C)(C)C1. The van der Waals surface area contributed by atoms with E-state index >= 15 is 0 Å². The Morgan fingerprint density at radius 2 is 2.13 bits per heavy atom. The van der Waals surface area contributed by atoms with E-state index in [0.717, 1.165) is 36.9 Å². The number of benzene rings is 1. The third-order valence-electron chi connectivity index (χ3n) is 3.83. The zero-order chi connectivity index (χ0) is 16.7. The first-order chi connectivity index (χ1) is 11.0. The molecule has 0 amide bonds. The Morgan fingerprint density at radius 1 is 1.39 bits per heavy atom. The van der Waals surface area contributed by atoms with Crippen LogP contribution in [0.25, 0.3) is 0 Å². The van der Waals surface area contributed by atoms with Crippen LogP contribution in [0.3, 0.4) is 0 Å². The first kappa shape index (κ1) is 18.1.